The van der Waals surface area contributed by atoms with Crippen LogP contribution in [0, 0.1) is 0 Å². The quantitative estimate of drug-likeness (QED) is 0.561. The van der Waals surface area contributed by atoms with Gasteiger partial charge in [0.05, 0.1) is 5.69 Å². The van der Waals surface area contributed by atoms with Gasteiger partial charge in [0.25, 0.3) is 0 Å². The van der Waals surface area contributed by atoms with Gasteiger partial charge in [-0.05, 0) is 30.3 Å². The highest BCUT2D eigenvalue weighted by molar-refractivity contribution is 5.85. The fourth-order valence-electron chi connectivity index (χ4n) is 2.52. The Morgan fingerprint density at radius 3 is 2.48 bits per heavy atom. The van der Waals surface area contributed by atoms with Gasteiger partial charge in [0.2, 0.25) is 0 Å². The molecule has 0 saturated heterocycles. The summed E-state index contributed by atoms with van der Waals surface area (Å²) in [6.45, 7) is 0. The number of hydrogen-bond acceptors (Lipinski definition) is 3. The van der Waals surface area contributed by atoms with E-state index in [1.54, 1.807) is 18.7 Å². The Morgan fingerprint density at radius 1 is 0.857 bits per heavy atom. The molecule has 0 spiro atoms. The molecule has 3 aromatic heterocycles. The van der Waals surface area contributed by atoms with Crippen LogP contribution in [0.5, 0.6) is 0 Å². The molecule has 4 rings (SSSR count). The Labute approximate surface area is 121 Å². The molecule has 21 heavy (non-hydrogen) atoms. The number of benzene rings is 1. The summed E-state index contributed by atoms with van der Waals surface area (Å²) in [7, 11) is 0. The number of hydrogen-bond donors (Lipinski definition) is 0. The number of para-hydroxylation sites is 1. The van der Waals surface area contributed by atoms with Gasteiger partial charge in [-0.15, -0.1) is 0 Å². The zero-order valence-corrected chi connectivity index (χ0v) is 11.2. The standard InChI is InChI=1S/C17H12N4/c1-2-4-15(5-3-1)21-16(13-6-8-18-9-7-13)10-14-11-19-12-20-17(14)21/h1-12H. The smallest absolute Gasteiger partial charge is 0.148 e. The second-order valence-corrected chi connectivity index (χ2v) is 4.74. The normalized spacial score (nSPS) is 10.9. The van der Waals surface area contributed by atoms with Gasteiger partial charge in [-0.3, -0.25) is 9.55 Å². The van der Waals surface area contributed by atoms with Crippen LogP contribution in [0.3, 0.4) is 0 Å². The largest absolute Gasteiger partial charge is 0.294 e. The molecule has 0 aliphatic rings. The maximum Gasteiger partial charge on any atom is 0.148 e. The first-order chi connectivity index (χ1) is 10.4. The Kier molecular flexibility index (Phi) is 2.71. The molecular formula is C17H12N4. The van der Waals surface area contributed by atoms with Gasteiger partial charge in [0.15, 0.2) is 0 Å². The van der Waals surface area contributed by atoms with Crippen LogP contribution in [0.2, 0.25) is 0 Å². The van der Waals surface area contributed by atoms with Crippen molar-refractivity contribution in [2.45, 2.75) is 0 Å². The molecule has 0 saturated carbocycles. The van der Waals surface area contributed by atoms with Crippen LogP contribution < -0.4 is 0 Å². The molecule has 0 bridgehead atoms. The fourth-order valence-corrected chi connectivity index (χ4v) is 2.52. The molecule has 4 aromatic rings. The lowest BCUT2D eigenvalue weighted by Crippen LogP contribution is -1.97. The van der Waals surface area contributed by atoms with Gasteiger partial charge in [-0.1, -0.05) is 18.2 Å². The van der Waals surface area contributed by atoms with E-state index in [2.05, 4.69) is 37.7 Å². The zero-order valence-electron chi connectivity index (χ0n) is 11.2. The van der Waals surface area contributed by atoms with Gasteiger partial charge in [-0.2, -0.15) is 0 Å². The predicted molar refractivity (Wildman–Crippen MR) is 82.1 cm³/mol. The van der Waals surface area contributed by atoms with Crippen molar-refractivity contribution in [3.8, 4) is 16.9 Å². The first-order valence-electron chi connectivity index (χ1n) is 6.71. The summed E-state index contributed by atoms with van der Waals surface area (Å²) in [6, 6.07) is 16.3. The van der Waals surface area contributed by atoms with E-state index >= 15 is 0 Å². The highest BCUT2D eigenvalue weighted by Crippen LogP contribution is 2.29. The van der Waals surface area contributed by atoms with Gasteiger partial charge in [0.1, 0.15) is 12.0 Å². The first-order valence-corrected chi connectivity index (χ1v) is 6.71. The summed E-state index contributed by atoms with van der Waals surface area (Å²) in [6.07, 6.45) is 7.02. The van der Waals surface area contributed by atoms with E-state index in [1.165, 1.54) is 0 Å². The van der Waals surface area contributed by atoms with Crippen LogP contribution in [0.4, 0.5) is 0 Å². The molecule has 4 nitrogen and oxygen atoms in total. The molecule has 1 aromatic carbocycles. The molecule has 0 amide bonds. The summed E-state index contributed by atoms with van der Waals surface area (Å²) in [4.78, 5) is 12.6. The van der Waals surface area contributed by atoms with Gasteiger partial charge in [-0.25, -0.2) is 9.97 Å². The van der Waals surface area contributed by atoms with Crippen LogP contribution in [0.1, 0.15) is 0 Å². The second-order valence-electron chi connectivity index (χ2n) is 4.74. The van der Waals surface area contributed by atoms with Crippen molar-refractivity contribution in [2.24, 2.45) is 0 Å². The Balaban J connectivity index is 2.07. The van der Waals surface area contributed by atoms with Crippen molar-refractivity contribution >= 4 is 11.0 Å². The number of rotatable bonds is 2. The minimum atomic E-state index is 0.906. The topological polar surface area (TPSA) is 43.6 Å². The fraction of sp³-hybridized carbons (Fsp3) is 0. The highest BCUT2D eigenvalue weighted by atomic mass is 15.1. The lowest BCUT2D eigenvalue weighted by atomic mass is 10.2. The SMILES string of the molecule is c1ccc(-n2c(-c3ccncc3)cc3cncnc32)cc1. The molecule has 3 heterocycles. The maximum absolute atomic E-state index is 4.44. The van der Waals surface area contributed by atoms with Crippen molar-refractivity contribution in [3.05, 3.63) is 73.4 Å². The van der Waals surface area contributed by atoms with Crippen LogP contribution >= 0.6 is 0 Å². The molecule has 0 aliphatic heterocycles. The summed E-state index contributed by atoms with van der Waals surface area (Å²) in [5.41, 5.74) is 4.17. The lowest BCUT2D eigenvalue weighted by molar-refractivity contribution is 1.08. The molecule has 0 fully saturated rings. The minimum absolute atomic E-state index is 0.906. The van der Waals surface area contributed by atoms with Crippen molar-refractivity contribution in [2.75, 3.05) is 0 Å². The number of pyridine rings is 1. The van der Waals surface area contributed by atoms with Crippen molar-refractivity contribution in [3.63, 3.8) is 0 Å². The second kappa shape index (κ2) is 4.83. The Hall–Kier alpha value is -3.01. The van der Waals surface area contributed by atoms with Crippen LogP contribution in [0.15, 0.2) is 73.4 Å². The average Bonchev–Trinajstić information content (AvgIpc) is 2.96. The molecule has 0 aliphatic carbocycles. The molecule has 0 radical (unpaired) electrons. The van der Waals surface area contributed by atoms with Gasteiger partial charge >= 0.3 is 0 Å². The number of aromatic nitrogens is 4. The molecule has 4 heteroatoms. The average molecular weight is 272 g/mol. The first kappa shape index (κ1) is 11.8. The minimum Gasteiger partial charge on any atom is -0.294 e. The van der Waals surface area contributed by atoms with Crippen LogP contribution in [-0.2, 0) is 0 Å². The molecular weight excluding hydrogens is 260 g/mol. The number of fused-ring (bicyclic) bond motifs is 1. The highest BCUT2D eigenvalue weighted by Gasteiger charge is 2.12. The van der Waals surface area contributed by atoms with Crippen molar-refractivity contribution in [1.82, 2.24) is 19.5 Å². The van der Waals surface area contributed by atoms with Gasteiger partial charge < -0.3 is 0 Å². The third-order valence-electron chi connectivity index (χ3n) is 3.45. The van der Waals surface area contributed by atoms with E-state index in [0.717, 1.165) is 28.0 Å². The van der Waals surface area contributed by atoms with Crippen molar-refractivity contribution in [1.29, 1.82) is 0 Å². The summed E-state index contributed by atoms with van der Waals surface area (Å²) in [5, 5.41) is 1.02. The third kappa shape index (κ3) is 1.97. The van der Waals surface area contributed by atoms with Crippen molar-refractivity contribution < 1.29 is 0 Å². The third-order valence-corrected chi connectivity index (χ3v) is 3.45. The monoisotopic (exact) mass is 272 g/mol. The zero-order chi connectivity index (χ0) is 14.1. The molecule has 0 unspecified atom stereocenters. The Morgan fingerprint density at radius 2 is 1.67 bits per heavy atom. The van der Waals surface area contributed by atoms with E-state index in [9.17, 15) is 0 Å². The summed E-state index contributed by atoms with van der Waals surface area (Å²) < 4.78 is 2.15. The van der Waals surface area contributed by atoms with Gasteiger partial charge in [0, 0.05) is 35.2 Å². The van der Waals surface area contributed by atoms with E-state index < -0.39 is 0 Å². The van der Waals surface area contributed by atoms with Crippen LogP contribution in [-0.4, -0.2) is 19.5 Å². The molecule has 100 valence electrons. The predicted octanol–water partition coefficient (Wildman–Crippen LogP) is 3.48. The van der Waals surface area contributed by atoms with Crippen LogP contribution in [0.25, 0.3) is 28.0 Å². The number of nitrogens with zero attached hydrogens (tertiary/aromatic N) is 4. The summed E-state index contributed by atoms with van der Waals surface area (Å²) in [5.74, 6) is 0. The molecule has 0 atom stereocenters. The van der Waals surface area contributed by atoms with E-state index in [1.807, 2.05) is 36.5 Å². The molecule has 0 N–H and O–H groups in total. The lowest BCUT2D eigenvalue weighted by Gasteiger charge is -2.10. The Bertz CT molecular complexity index is 882. The van der Waals surface area contributed by atoms with E-state index in [-0.39, 0.29) is 0 Å². The van der Waals surface area contributed by atoms with E-state index in [0.29, 0.717) is 0 Å². The van der Waals surface area contributed by atoms with E-state index in [4.69, 9.17) is 0 Å². The maximum atomic E-state index is 4.44. The summed E-state index contributed by atoms with van der Waals surface area (Å²) >= 11 is 0.